The van der Waals surface area contributed by atoms with Gasteiger partial charge in [-0.05, 0) is 26.3 Å². The highest BCUT2D eigenvalue weighted by molar-refractivity contribution is 7.13. The highest BCUT2D eigenvalue weighted by Crippen LogP contribution is 2.17. The third-order valence-electron chi connectivity index (χ3n) is 3.74. The number of nitrogens with zero attached hydrogens (tertiary/aromatic N) is 2. The van der Waals surface area contributed by atoms with Crippen molar-refractivity contribution in [1.82, 2.24) is 20.5 Å². The summed E-state index contributed by atoms with van der Waals surface area (Å²) in [6, 6.07) is 7.31. The Morgan fingerprint density at radius 3 is 2.68 bits per heavy atom. The minimum absolute atomic E-state index is 0.0873. The third kappa shape index (κ3) is 3.85. The first-order valence-electron chi connectivity index (χ1n) is 8.00. The van der Waals surface area contributed by atoms with Gasteiger partial charge in [0.1, 0.15) is 4.88 Å². The van der Waals surface area contributed by atoms with Crippen LogP contribution in [-0.2, 0) is 0 Å². The number of aryl methyl sites for hydroxylation is 2. The summed E-state index contributed by atoms with van der Waals surface area (Å²) < 4.78 is 0. The number of thiazole rings is 1. The lowest BCUT2D eigenvalue weighted by Gasteiger charge is -2.08. The standard InChI is InChI=1S/C17H19N5O2S/c1-10-14(25-11(2)20-10)17(24)19-9-5-8-18-15-12-6-3-4-7-13(12)16(23)22-21-15/h3-4,6-7H,5,8-9H2,1-2H3,(H,18,21)(H,19,24)(H,22,23). The SMILES string of the molecule is Cc1nc(C)c(C(=O)NCCCNc2n[nH]c(=O)c3ccccc23)s1. The smallest absolute Gasteiger partial charge is 0.272 e. The van der Waals surface area contributed by atoms with E-state index in [1.807, 2.05) is 32.0 Å². The number of carbonyl (C=O) groups is 1. The van der Waals surface area contributed by atoms with Gasteiger partial charge in [-0.15, -0.1) is 11.3 Å². The molecule has 0 saturated carbocycles. The molecule has 0 aliphatic carbocycles. The van der Waals surface area contributed by atoms with Gasteiger partial charge in [-0.1, -0.05) is 18.2 Å². The molecule has 0 radical (unpaired) electrons. The van der Waals surface area contributed by atoms with Gasteiger partial charge < -0.3 is 10.6 Å². The number of nitrogens with one attached hydrogen (secondary N) is 3. The highest BCUT2D eigenvalue weighted by atomic mass is 32.1. The molecule has 7 nitrogen and oxygen atoms in total. The first-order valence-corrected chi connectivity index (χ1v) is 8.81. The molecule has 2 aromatic heterocycles. The van der Waals surface area contributed by atoms with Gasteiger partial charge in [-0.25, -0.2) is 10.1 Å². The summed E-state index contributed by atoms with van der Waals surface area (Å²) in [6.07, 6.45) is 0.734. The van der Waals surface area contributed by atoms with E-state index >= 15 is 0 Å². The van der Waals surface area contributed by atoms with Crippen molar-refractivity contribution in [3.63, 3.8) is 0 Å². The molecule has 1 aromatic carbocycles. The van der Waals surface area contributed by atoms with Crippen LogP contribution >= 0.6 is 11.3 Å². The minimum Gasteiger partial charge on any atom is -0.368 e. The fourth-order valence-corrected chi connectivity index (χ4v) is 3.41. The van der Waals surface area contributed by atoms with Crippen LogP contribution < -0.4 is 16.2 Å². The molecule has 0 atom stereocenters. The largest absolute Gasteiger partial charge is 0.368 e. The van der Waals surface area contributed by atoms with Gasteiger partial charge in [0.25, 0.3) is 11.5 Å². The van der Waals surface area contributed by atoms with Crippen LogP contribution in [0.15, 0.2) is 29.1 Å². The number of carbonyl (C=O) groups excluding carboxylic acids is 1. The Balaban J connectivity index is 1.53. The zero-order valence-corrected chi connectivity index (χ0v) is 14.9. The lowest BCUT2D eigenvalue weighted by molar-refractivity contribution is 0.0957. The van der Waals surface area contributed by atoms with Gasteiger partial charge >= 0.3 is 0 Å². The van der Waals surface area contributed by atoms with E-state index in [1.54, 1.807) is 6.07 Å². The van der Waals surface area contributed by atoms with Crippen LogP contribution in [0.1, 0.15) is 26.8 Å². The molecule has 130 valence electrons. The minimum atomic E-state index is -0.205. The number of aromatic nitrogens is 3. The number of benzene rings is 1. The molecule has 0 aliphatic heterocycles. The quantitative estimate of drug-likeness (QED) is 0.588. The summed E-state index contributed by atoms with van der Waals surface area (Å²) >= 11 is 1.40. The van der Waals surface area contributed by atoms with Crippen LogP contribution in [0.2, 0.25) is 0 Å². The van der Waals surface area contributed by atoms with E-state index in [4.69, 9.17) is 0 Å². The lowest BCUT2D eigenvalue weighted by Crippen LogP contribution is -2.25. The van der Waals surface area contributed by atoms with Crippen molar-refractivity contribution in [2.75, 3.05) is 18.4 Å². The van der Waals surface area contributed by atoms with Crippen molar-refractivity contribution in [3.05, 3.63) is 50.2 Å². The Hall–Kier alpha value is -2.74. The number of hydrogen-bond donors (Lipinski definition) is 3. The molecule has 2 heterocycles. The van der Waals surface area contributed by atoms with Crippen LogP contribution in [0.5, 0.6) is 0 Å². The zero-order chi connectivity index (χ0) is 17.8. The molecule has 0 unspecified atom stereocenters. The maximum absolute atomic E-state index is 12.1. The Bertz CT molecular complexity index is 963. The van der Waals surface area contributed by atoms with Gasteiger partial charge in [0, 0.05) is 18.5 Å². The molecule has 0 fully saturated rings. The molecule has 3 N–H and O–H groups in total. The van der Waals surface area contributed by atoms with Crippen molar-refractivity contribution < 1.29 is 4.79 Å². The first kappa shape index (κ1) is 17.1. The van der Waals surface area contributed by atoms with Gasteiger partial charge in [0.15, 0.2) is 5.82 Å². The van der Waals surface area contributed by atoms with Gasteiger partial charge in [-0.2, -0.15) is 5.10 Å². The van der Waals surface area contributed by atoms with Crippen molar-refractivity contribution in [2.24, 2.45) is 0 Å². The molecule has 0 aliphatic rings. The van der Waals surface area contributed by atoms with Crippen LogP contribution in [0.25, 0.3) is 10.8 Å². The van der Waals surface area contributed by atoms with Gasteiger partial charge in [0.05, 0.1) is 16.1 Å². The summed E-state index contributed by atoms with van der Waals surface area (Å²) in [6.45, 7) is 4.90. The maximum atomic E-state index is 12.1. The van der Waals surface area contributed by atoms with Crippen LogP contribution in [0.4, 0.5) is 5.82 Å². The molecule has 8 heteroatoms. The second-order valence-electron chi connectivity index (χ2n) is 5.63. The number of H-pyrrole nitrogens is 1. The normalized spacial score (nSPS) is 10.8. The van der Waals surface area contributed by atoms with Crippen molar-refractivity contribution in [3.8, 4) is 0 Å². The molecule has 25 heavy (non-hydrogen) atoms. The van der Waals surface area contributed by atoms with E-state index in [0.717, 1.165) is 22.5 Å². The fraction of sp³-hybridized carbons (Fsp3) is 0.294. The summed E-state index contributed by atoms with van der Waals surface area (Å²) in [4.78, 5) is 28.8. The first-order chi connectivity index (χ1) is 12.1. The summed E-state index contributed by atoms with van der Waals surface area (Å²) in [5.74, 6) is 0.547. The van der Waals surface area contributed by atoms with Crippen LogP contribution in [-0.4, -0.2) is 34.2 Å². The lowest BCUT2D eigenvalue weighted by atomic mass is 10.2. The maximum Gasteiger partial charge on any atom is 0.272 e. The van der Waals surface area contributed by atoms with E-state index in [0.29, 0.717) is 29.2 Å². The summed E-state index contributed by atoms with van der Waals surface area (Å²) in [5, 5.41) is 14.9. The Morgan fingerprint density at radius 1 is 1.20 bits per heavy atom. The van der Waals surface area contributed by atoms with E-state index in [9.17, 15) is 9.59 Å². The van der Waals surface area contributed by atoms with Crippen molar-refractivity contribution in [1.29, 1.82) is 0 Å². The second kappa shape index (κ2) is 7.43. The number of aromatic amines is 1. The fourth-order valence-electron chi connectivity index (χ4n) is 2.57. The number of amides is 1. The Labute approximate surface area is 148 Å². The Morgan fingerprint density at radius 2 is 1.96 bits per heavy atom. The van der Waals surface area contributed by atoms with E-state index in [1.165, 1.54) is 11.3 Å². The summed E-state index contributed by atoms with van der Waals surface area (Å²) in [5.41, 5.74) is 0.561. The molecular weight excluding hydrogens is 338 g/mol. The highest BCUT2D eigenvalue weighted by Gasteiger charge is 2.12. The topological polar surface area (TPSA) is 99.8 Å². The summed E-state index contributed by atoms with van der Waals surface area (Å²) in [7, 11) is 0. The number of hydrogen-bond acceptors (Lipinski definition) is 6. The molecule has 3 rings (SSSR count). The van der Waals surface area contributed by atoms with Gasteiger partial charge in [-0.3, -0.25) is 9.59 Å². The average molecular weight is 357 g/mol. The molecule has 3 aromatic rings. The molecule has 0 saturated heterocycles. The molecule has 0 spiro atoms. The number of fused-ring (bicyclic) bond motifs is 1. The van der Waals surface area contributed by atoms with Crippen molar-refractivity contribution >= 4 is 33.8 Å². The molecular formula is C17H19N5O2S. The predicted octanol–water partition coefficient (Wildman–Crippen LogP) is 2.23. The Kier molecular flexibility index (Phi) is 5.08. The van der Waals surface area contributed by atoms with Crippen LogP contribution in [0.3, 0.4) is 0 Å². The van der Waals surface area contributed by atoms with Gasteiger partial charge in [0.2, 0.25) is 0 Å². The number of rotatable bonds is 6. The average Bonchev–Trinajstić information content (AvgIpc) is 2.95. The third-order valence-corrected chi connectivity index (χ3v) is 4.81. The monoisotopic (exact) mass is 357 g/mol. The van der Waals surface area contributed by atoms with E-state index in [2.05, 4.69) is 25.8 Å². The zero-order valence-electron chi connectivity index (χ0n) is 14.0. The molecule has 1 amide bonds. The molecule has 0 bridgehead atoms. The van der Waals surface area contributed by atoms with Crippen LogP contribution in [0, 0.1) is 13.8 Å². The second-order valence-corrected chi connectivity index (χ2v) is 6.83. The van der Waals surface area contributed by atoms with E-state index in [-0.39, 0.29) is 11.5 Å². The van der Waals surface area contributed by atoms with Crippen molar-refractivity contribution in [2.45, 2.75) is 20.3 Å². The number of anilines is 1. The van der Waals surface area contributed by atoms with E-state index < -0.39 is 0 Å². The predicted molar refractivity (Wildman–Crippen MR) is 99.4 cm³/mol.